The minimum absolute atomic E-state index is 0.285. The molecule has 1 aliphatic heterocycles. The minimum Gasteiger partial charge on any atom is -0.352 e. The van der Waals surface area contributed by atoms with Crippen molar-refractivity contribution in [1.82, 2.24) is 24.4 Å². The number of hydrogen-bond donors (Lipinski definition) is 0. The van der Waals surface area contributed by atoms with Crippen LogP contribution in [0, 0.1) is 0 Å². The molecule has 0 bridgehead atoms. The standard InChI is InChI=1S/C19H21F3N6/c1-2-27-13-25-16-17(27)23-12-24-18(16)28-9-7-26(8-10-28)11-14-5-3-4-6-15(14)19(20,21)22/h3-6,12-13H,2,7-11H2,1H3. The van der Waals surface area contributed by atoms with Crippen molar-refractivity contribution in [2.24, 2.45) is 0 Å². The number of fused-ring (bicyclic) bond motifs is 1. The molecule has 2 aromatic heterocycles. The third kappa shape index (κ3) is 3.54. The van der Waals surface area contributed by atoms with Gasteiger partial charge in [0, 0.05) is 39.3 Å². The first-order valence-electron chi connectivity index (χ1n) is 9.25. The van der Waals surface area contributed by atoms with E-state index < -0.39 is 11.7 Å². The van der Waals surface area contributed by atoms with Gasteiger partial charge in [0.2, 0.25) is 0 Å². The zero-order valence-corrected chi connectivity index (χ0v) is 15.5. The largest absolute Gasteiger partial charge is 0.416 e. The molecule has 0 radical (unpaired) electrons. The van der Waals surface area contributed by atoms with E-state index in [0.29, 0.717) is 31.7 Å². The molecule has 3 heterocycles. The van der Waals surface area contributed by atoms with Crippen molar-refractivity contribution in [2.45, 2.75) is 26.2 Å². The van der Waals surface area contributed by atoms with E-state index in [1.54, 1.807) is 18.5 Å². The number of nitrogens with zero attached hydrogens (tertiary/aromatic N) is 6. The summed E-state index contributed by atoms with van der Waals surface area (Å²) in [5.74, 6) is 0.785. The van der Waals surface area contributed by atoms with Crippen LogP contribution >= 0.6 is 0 Å². The lowest BCUT2D eigenvalue weighted by Gasteiger charge is -2.35. The number of aromatic nitrogens is 4. The molecule has 148 valence electrons. The second-order valence-corrected chi connectivity index (χ2v) is 6.82. The number of hydrogen-bond acceptors (Lipinski definition) is 5. The third-order valence-electron chi connectivity index (χ3n) is 5.11. The Labute approximate surface area is 160 Å². The Balaban J connectivity index is 1.47. The van der Waals surface area contributed by atoms with Gasteiger partial charge in [-0.3, -0.25) is 4.90 Å². The van der Waals surface area contributed by atoms with Gasteiger partial charge >= 0.3 is 6.18 Å². The summed E-state index contributed by atoms with van der Waals surface area (Å²) in [6, 6.07) is 5.79. The second kappa shape index (κ2) is 7.38. The first kappa shape index (κ1) is 18.7. The molecular formula is C19H21F3N6. The predicted octanol–water partition coefficient (Wildman–Crippen LogP) is 3.19. The molecule has 1 fully saturated rings. The monoisotopic (exact) mass is 390 g/mol. The average Bonchev–Trinajstić information content (AvgIpc) is 3.11. The van der Waals surface area contributed by atoms with Crippen molar-refractivity contribution in [3.8, 4) is 0 Å². The van der Waals surface area contributed by atoms with E-state index in [0.717, 1.165) is 29.6 Å². The van der Waals surface area contributed by atoms with Crippen LogP contribution in [0.25, 0.3) is 11.2 Å². The lowest BCUT2D eigenvalue weighted by molar-refractivity contribution is -0.138. The molecule has 0 aliphatic carbocycles. The highest BCUT2D eigenvalue weighted by molar-refractivity contribution is 5.83. The van der Waals surface area contributed by atoms with Crippen molar-refractivity contribution in [3.63, 3.8) is 0 Å². The predicted molar refractivity (Wildman–Crippen MR) is 99.9 cm³/mol. The molecule has 3 aromatic rings. The van der Waals surface area contributed by atoms with Gasteiger partial charge in [-0.15, -0.1) is 0 Å². The Morgan fingerprint density at radius 3 is 2.46 bits per heavy atom. The Morgan fingerprint density at radius 1 is 1.00 bits per heavy atom. The SMILES string of the molecule is CCn1cnc2c(N3CCN(Cc4ccccc4C(F)(F)F)CC3)ncnc21. The summed E-state index contributed by atoms with van der Waals surface area (Å²) < 4.78 is 41.6. The summed E-state index contributed by atoms with van der Waals surface area (Å²) in [4.78, 5) is 17.3. The Hall–Kier alpha value is -2.68. The number of halogens is 3. The van der Waals surface area contributed by atoms with Crippen molar-refractivity contribution in [2.75, 3.05) is 31.1 Å². The molecule has 0 spiro atoms. The van der Waals surface area contributed by atoms with E-state index in [4.69, 9.17) is 0 Å². The van der Waals surface area contributed by atoms with Crippen LogP contribution in [0.4, 0.5) is 19.0 Å². The van der Waals surface area contributed by atoms with Crippen LogP contribution in [0.2, 0.25) is 0 Å². The van der Waals surface area contributed by atoms with E-state index in [-0.39, 0.29) is 6.54 Å². The van der Waals surface area contributed by atoms with E-state index in [1.165, 1.54) is 12.4 Å². The van der Waals surface area contributed by atoms with Gasteiger partial charge in [0.25, 0.3) is 0 Å². The van der Waals surface area contributed by atoms with Crippen LogP contribution in [0.1, 0.15) is 18.1 Å². The molecule has 1 saturated heterocycles. The number of alkyl halides is 3. The topological polar surface area (TPSA) is 50.1 Å². The number of rotatable bonds is 4. The van der Waals surface area contributed by atoms with E-state index in [2.05, 4.69) is 19.9 Å². The summed E-state index contributed by atoms with van der Waals surface area (Å²) in [5, 5.41) is 0. The summed E-state index contributed by atoms with van der Waals surface area (Å²) in [6.07, 6.45) is -1.03. The lowest BCUT2D eigenvalue weighted by Crippen LogP contribution is -2.46. The fraction of sp³-hybridized carbons (Fsp3) is 0.421. The van der Waals surface area contributed by atoms with Crippen molar-refractivity contribution >= 4 is 17.0 Å². The lowest BCUT2D eigenvalue weighted by atomic mass is 10.1. The van der Waals surface area contributed by atoms with Crippen LogP contribution in [-0.2, 0) is 19.3 Å². The molecule has 1 aliphatic rings. The number of benzene rings is 1. The summed E-state index contributed by atoms with van der Waals surface area (Å²) in [5.41, 5.74) is 1.32. The quantitative estimate of drug-likeness (QED) is 0.685. The van der Waals surface area contributed by atoms with Crippen LogP contribution < -0.4 is 4.90 Å². The van der Waals surface area contributed by atoms with Crippen molar-refractivity contribution in [3.05, 3.63) is 48.0 Å². The van der Waals surface area contributed by atoms with Gasteiger partial charge in [-0.05, 0) is 18.6 Å². The second-order valence-electron chi connectivity index (χ2n) is 6.82. The van der Waals surface area contributed by atoms with Gasteiger partial charge in [0.05, 0.1) is 11.9 Å². The fourth-order valence-corrected chi connectivity index (χ4v) is 3.62. The molecule has 0 atom stereocenters. The Morgan fingerprint density at radius 2 is 1.75 bits per heavy atom. The van der Waals surface area contributed by atoms with Crippen molar-refractivity contribution in [1.29, 1.82) is 0 Å². The molecule has 4 rings (SSSR count). The van der Waals surface area contributed by atoms with Gasteiger partial charge in [0.15, 0.2) is 17.0 Å². The van der Waals surface area contributed by atoms with Crippen LogP contribution in [0.15, 0.2) is 36.9 Å². The van der Waals surface area contributed by atoms with E-state index in [1.807, 2.05) is 16.4 Å². The average molecular weight is 390 g/mol. The summed E-state index contributed by atoms with van der Waals surface area (Å²) in [7, 11) is 0. The maximum atomic E-state index is 13.2. The van der Waals surface area contributed by atoms with Gasteiger partial charge in [0.1, 0.15) is 6.33 Å². The van der Waals surface area contributed by atoms with Crippen molar-refractivity contribution < 1.29 is 13.2 Å². The van der Waals surface area contributed by atoms with E-state index in [9.17, 15) is 13.2 Å². The molecule has 0 amide bonds. The van der Waals surface area contributed by atoms with Gasteiger partial charge in [-0.1, -0.05) is 18.2 Å². The third-order valence-corrected chi connectivity index (χ3v) is 5.11. The number of aryl methyl sites for hydroxylation is 1. The highest BCUT2D eigenvalue weighted by atomic mass is 19.4. The molecule has 0 saturated carbocycles. The first-order chi connectivity index (χ1) is 13.5. The fourth-order valence-electron chi connectivity index (χ4n) is 3.62. The van der Waals surface area contributed by atoms with Crippen LogP contribution in [-0.4, -0.2) is 50.6 Å². The maximum Gasteiger partial charge on any atom is 0.416 e. The smallest absolute Gasteiger partial charge is 0.352 e. The highest BCUT2D eigenvalue weighted by Gasteiger charge is 2.33. The summed E-state index contributed by atoms with van der Waals surface area (Å²) >= 11 is 0. The Bertz CT molecular complexity index is 960. The zero-order chi connectivity index (χ0) is 19.7. The van der Waals surface area contributed by atoms with Crippen LogP contribution in [0.5, 0.6) is 0 Å². The first-order valence-corrected chi connectivity index (χ1v) is 9.25. The number of imidazole rings is 1. The van der Waals surface area contributed by atoms with Gasteiger partial charge in [-0.25, -0.2) is 15.0 Å². The molecule has 1 aromatic carbocycles. The molecule has 0 N–H and O–H groups in total. The number of anilines is 1. The van der Waals surface area contributed by atoms with Gasteiger partial charge in [-0.2, -0.15) is 13.2 Å². The molecule has 9 heteroatoms. The zero-order valence-electron chi connectivity index (χ0n) is 15.5. The normalized spacial score (nSPS) is 16.1. The maximum absolute atomic E-state index is 13.2. The molecular weight excluding hydrogens is 369 g/mol. The molecule has 0 unspecified atom stereocenters. The molecule has 28 heavy (non-hydrogen) atoms. The Kier molecular flexibility index (Phi) is 4.92. The van der Waals surface area contributed by atoms with Crippen LogP contribution in [0.3, 0.4) is 0 Å². The van der Waals surface area contributed by atoms with E-state index >= 15 is 0 Å². The minimum atomic E-state index is -4.33. The molecule has 6 nitrogen and oxygen atoms in total. The van der Waals surface area contributed by atoms with Gasteiger partial charge < -0.3 is 9.47 Å². The summed E-state index contributed by atoms with van der Waals surface area (Å²) in [6.45, 7) is 5.77. The number of piperazine rings is 1. The highest BCUT2D eigenvalue weighted by Crippen LogP contribution is 2.32.